The highest BCUT2D eigenvalue weighted by Crippen LogP contribution is 2.10. The molecule has 0 N–H and O–H groups in total. The average Bonchev–Trinajstić information content (AvgIpc) is 2.56. The van der Waals surface area contributed by atoms with Crippen LogP contribution in [0, 0.1) is 0 Å². The minimum Gasteiger partial charge on any atom is -0.235 e. The first-order valence-electron chi connectivity index (χ1n) is 4.00. The van der Waals surface area contributed by atoms with E-state index in [0.29, 0.717) is 0 Å². The molecule has 0 fully saturated rings. The van der Waals surface area contributed by atoms with Crippen molar-refractivity contribution in [3.8, 4) is 0 Å². The van der Waals surface area contributed by atoms with E-state index in [0.717, 1.165) is 16.8 Å². The molecule has 62 valence electrons. The van der Waals surface area contributed by atoms with Crippen molar-refractivity contribution in [3.05, 3.63) is 36.7 Å². The predicted molar refractivity (Wildman–Crippen MR) is 48.3 cm³/mol. The first kappa shape index (κ1) is 6.54. The second-order valence-electron chi connectivity index (χ2n) is 2.75. The molecule has 0 atom stereocenters. The van der Waals surface area contributed by atoms with Crippen LogP contribution in [-0.4, -0.2) is 19.6 Å². The van der Waals surface area contributed by atoms with Crippen LogP contribution in [0.1, 0.15) is 0 Å². The Hall–Kier alpha value is -1.97. The smallest absolute Gasteiger partial charge is 0.181 e. The van der Waals surface area contributed by atoms with Gasteiger partial charge in [0.1, 0.15) is 5.52 Å². The Bertz CT molecular complexity index is 519. The third-order valence-corrected chi connectivity index (χ3v) is 1.93. The largest absolute Gasteiger partial charge is 0.235 e. The Morgan fingerprint density at radius 3 is 3.00 bits per heavy atom. The zero-order valence-corrected chi connectivity index (χ0v) is 6.75. The van der Waals surface area contributed by atoms with Crippen LogP contribution in [0.25, 0.3) is 16.8 Å². The van der Waals surface area contributed by atoms with Crippen LogP contribution < -0.4 is 0 Å². The third-order valence-electron chi connectivity index (χ3n) is 1.93. The Morgan fingerprint density at radius 2 is 2.00 bits per heavy atom. The van der Waals surface area contributed by atoms with Crippen LogP contribution in [0.2, 0.25) is 0 Å². The van der Waals surface area contributed by atoms with Gasteiger partial charge < -0.3 is 0 Å². The molecule has 3 aromatic rings. The Labute approximate surface area is 73.9 Å². The number of pyridine rings is 1. The summed E-state index contributed by atoms with van der Waals surface area (Å²) >= 11 is 0. The highest BCUT2D eigenvalue weighted by molar-refractivity contribution is 5.75. The standard InChI is InChI=1S/C9H6N4/c1-3-7-9(10-5-1)13-8(12-7)4-2-6-11-13/h1-6H. The van der Waals surface area contributed by atoms with Crippen molar-refractivity contribution in [1.29, 1.82) is 0 Å². The van der Waals surface area contributed by atoms with Gasteiger partial charge in [0.15, 0.2) is 11.3 Å². The minimum absolute atomic E-state index is 0.804. The summed E-state index contributed by atoms with van der Waals surface area (Å²) in [5.41, 5.74) is 2.51. The molecule has 3 aromatic heterocycles. The lowest BCUT2D eigenvalue weighted by molar-refractivity contribution is 0.950. The number of hydrogen-bond acceptors (Lipinski definition) is 3. The highest BCUT2D eigenvalue weighted by Gasteiger charge is 2.02. The second-order valence-corrected chi connectivity index (χ2v) is 2.75. The fourth-order valence-electron chi connectivity index (χ4n) is 1.37. The molecule has 0 radical (unpaired) electrons. The number of nitrogens with zero attached hydrogens (tertiary/aromatic N) is 4. The van der Waals surface area contributed by atoms with Crippen molar-refractivity contribution in [1.82, 2.24) is 19.6 Å². The Kier molecular flexibility index (Phi) is 1.14. The highest BCUT2D eigenvalue weighted by atomic mass is 15.3. The van der Waals surface area contributed by atoms with Gasteiger partial charge in [0.2, 0.25) is 0 Å². The first-order chi connectivity index (χ1) is 6.45. The van der Waals surface area contributed by atoms with Crippen LogP contribution in [-0.2, 0) is 0 Å². The summed E-state index contributed by atoms with van der Waals surface area (Å²) in [6, 6.07) is 7.57. The van der Waals surface area contributed by atoms with Crippen molar-refractivity contribution >= 4 is 16.8 Å². The molecule has 0 amide bonds. The van der Waals surface area contributed by atoms with Crippen LogP contribution in [0.5, 0.6) is 0 Å². The van der Waals surface area contributed by atoms with E-state index in [1.807, 2.05) is 24.3 Å². The molecule has 4 nitrogen and oxygen atoms in total. The van der Waals surface area contributed by atoms with Gasteiger partial charge in [-0.1, -0.05) is 0 Å². The normalized spacial score (nSPS) is 11.1. The fraction of sp³-hybridized carbons (Fsp3) is 0. The molecule has 0 spiro atoms. The van der Waals surface area contributed by atoms with E-state index in [1.165, 1.54) is 0 Å². The van der Waals surface area contributed by atoms with Crippen LogP contribution in [0.15, 0.2) is 36.7 Å². The molecule has 0 bridgehead atoms. The molecule has 3 rings (SSSR count). The van der Waals surface area contributed by atoms with E-state index in [2.05, 4.69) is 15.1 Å². The van der Waals surface area contributed by atoms with E-state index >= 15 is 0 Å². The topological polar surface area (TPSA) is 43.1 Å². The predicted octanol–water partition coefficient (Wildman–Crippen LogP) is 1.28. The summed E-state index contributed by atoms with van der Waals surface area (Å²) in [6.07, 6.45) is 3.47. The maximum atomic E-state index is 4.35. The maximum Gasteiger partial charge on any atom is 0.181 e. The summed E-state index contributed by atoms with van der Waals surface area (Å²) in [5.74, 6) is 0. The van der Waals surface area contributed by atoms with E-state index in [1.54, 1.807) is 16.9 Å². The number of aromatic nitrogens is 4. The summed E-state index contributed by atoms with van der Waals surface area (Å²) in [4.78, 5) is 8.56. The molecule has 0 aliphatic heterocycles. The Balaban J connectivity index is 2.64. The monoisotopic (exact) mass is 170 g/mol. The first-order valence-corrected chi connectivity index (χ1v) is 4.00. The fourth-order valence-corrected chi connectivity index (χ4v) is 1.37. The SMILES string of the molecule is c1cnc2c(c1)nc1cccnn12. The molecule has 3 heterocycles. The van der Waals surface area contributed by atoms with Crippen LogP contribution in [0.4, 0.5) is 0 Å². The molecule has 0 unspecified atom stereocenters. The quantitative estimate of drug-likeness (QED) is 0.510. The van der Waals surface area contributed by atoms with Crippen molar-refractivity contribution in [2.75, 3.05) is 0 Å². The van der Waals surface area contributed by atoms with E-state index in [9.17, 15) is 0 Å². The Morgan fingerprint density at radius 1 is 1.08 bits per heavy atom. The lowest BCUT2D eigenvalue weighted by Crippen LogP contribution is -1.89. The zero-order chi connectivity index (χ0) is 8.67. The molecule has 0 aliphatic carbocycles. The van der Waals surface area contributed by atoms with Crippen molar-refractivity contribution in [2.45, 2.75) is 0 Å². The zero-order valence-electron chi connectivity index (χ0n) is 6.75. The number of rotatable bonds is 0. The van der Waals surface area contributed by atoms with Crippen LogP contribution >= 0.6 is 0 Å². The number of imidazole rings is 1. The minimum atomic E-state index is 0.804. The van der Waals surface area contributed by atoms with Crippen LogP contribution in [0.3, 0.4) is 0 Å². The summed E-state index contributed by atoms with van der Waals surface area (Å²) in [7, 11) is 0. The average molecular weight is 170 g/mol. The van der Waals surface area contributed by atoms with Crippen molar-refractivity contribution < 1.29 is 0 Å². The van der Waals surface area contributed by atoms with Gasteiger partial charge in [0, 0.05) is 12.4 Å². The molecular formula is C9H6N4. The summed E-state index contributed by atoms with van der Waals surface area (Å²) in [6.45, 7) is 0. The molecule has 0 saturated carbocycles. The van der Waals surface area contributed by atoms with E-state index < -0.39 is 0 Å². The summed E-state index contributed by atoms with van der Waals surface area (Å²) < 4.78 is 1.73. The van der Waals surface area contributed by atoms with Gasteiger partial charge in [-0.15, -0.1) is 0 Å². The lowest BCUT2D eigenvalue weighted by Gasteiger charge is -1.89. The molecule has 0 saturated heterocycles. The van der Waals surface area contributed by atoms with Gasteiger partial charge in [-0.25, -0.2) is 9.97 Å². The number of fused-ring (bicyclic) bond motifs is 3. The van der Waals surface area contributed by atoms with Gasteiger partial charge >= 0.3 is 0 Å². The van der Waals surface area contributed by atoms with Gasteiger partial charge in [-0.2, -0.15) is 9.61 Å². The van der Waals surface area contributed by atoms with Gasteiger partial charge in [-0.05, 0) is 24.3 Å². The second kappa shape index (κ2) is 2.26. The van der Waals surface area contributed by atoms with E-state index in [-0.39, 0.29) is 0 Å². The van der Waals surface area contributed by atoms with Gasteiger partial charge in [0.05, 0.1) is 0 Å². The maximum absolute atomic E-state index is 4.35. The van der Waals surface area contributed by atoms with E-state index in [4.69, 9.17) is 0 Å². The van der Waals surface area contributed by atoms with Gasteiger partial charge in [0.25, 0.3) is 0 Å². The molecule has 0 aliphatic rings. The number of hydrogen-bond donors (Lipinski definition) is 0. The van der Waals surface area contributed by atoms with Crippen molar-refractivity contribution in [2.24, 2.45) is 0 Å². The molecular weight excluding hydrogens is 164 g/mol. The molecule has 13 heavy (non-hydrogen) atoms. The molecule has 0 aromatic carbocycles. The van der Waals surface area contributed by atoms with Crippen molar-refractivity contribution in [3.63, 3.8) is 0 Å². The third kappa shape index (κ3) is 0.823. The molecule has 4 heteroatoms. The lowest BCUT2D eigenvalue weighted by atomic mass is 10.4. The summed E-state index contributed by atoms with van der Waals surface area (Å²) in [5, 5.41) is 4.16. The van der Waals surface area contributed by atoms with Gasteiger partial charge in [-0.3, -0.25) is 0 Å².